The molecule has 4 aromatic rings. The van der Waals surface area contributed by atoms with Crippen LogP contribution >= 0.6 is 23.2 Å². The molecular weight excluding hydrogens is 927 g/mol. The van der Waals surface area contributed by atoms with E-state index >= 15 is 4.39 Å². The third-order valence-corrected chi connectivity index (χ3v) is 17.0. The van der Waals surface area contributed by atoms with Gasteiger partial charge in [-0.05, 0) is 117 Å². The standard InChI is InChI=1S/C51H59Cl2FN8O7/c1-59-39-25-29(12-17-37(39)62(49(59)69)38-18-19-41(63)57-45(38)64)7-6-22-61-24-23-60(28-40(61)47(66)67)27-30-10-14-32(15-11-30)55-46(65)44-42(33-8-5-9-35(53)43(33)54)51(50(58-44)20-3-2-4-21-50)34-16-13-31(52)26-36(34)56-48(51)68/h5,8-9,12-13,16-17,25-26,30,32,38,40,42,44,58H,2-4,6-7,10-11,14-15,18-24,27-28H2,1H3,(H,55,65)(H,56,68)(H,66,67)(H,57,63,64)/t30?,32?,38?,40-,42+,44-,51-/m1/s1. The molecule has 18 heteroatoms. The minimum absolute atomic E-state index is 0.0704. The molecule has 5 atom stereocenters. The molecule has 2 spiro atoms. The number of aliphatic carboxylic acids is 1. The molecule has 10 rings (SSSR count). The number of piperidine rings is 1. The fraction of sp³-hybridized carbons (Fsp3) is 0.529. The summed E-state index contributed by atoms with van der Waals surface area (Å²) in [5.41, 5.74) is 1.39. The number of hydrogen-bond acceptors (Lipinski definition) is 9. The van der Waals surface area contributed by atoms with E-state index in [-0.39, 0.29) is 52.9 Å². The van der Waals surface area contributed by atoms with Crippen molar-refractivity contribution in [3.05, 3.63) is 97.6 Å². The van der Waals surface area contributed by atoms with Crippen molar-refractivity contribution in [2.75, 3.05) is 38.0 Å². The van der Waals surface area contributed by atoms with Gasteiger partial charge < -0.3 is 15.7 Å². The van der Waals surface area contributed by atoms with Crippen LogP contribution in [0.1, 0.15) is 106 Å². The number of carboxylic acids is 1. The van der Waals surface area contributed by atoms with Crippen LogP contribution in [0.5, 0.6) is 0 Å². The molecule has 4 aliphatic heterocycles. The number of imide groups is 1. The highest BCUT2D eigenvalue weighted by molar-refractivity contribution is 6.31. The second kappa shape index (κ2) is 18.9. The first-order valence-electron chi connectivity index (χ1n) is 24.6. The van der Waals surface area contributed by atoms with Crippen molar-refractivity contribution in [3.8, 4) is 0 Å². The van der Waals surface area contributed by atoms with Crippen LogP contribution in [0.4, 0.5) is 10.1 Å². The molecule has 1 unspecified atom stereocenters. The Kier molecular flexibility index (Phi) is 13.0. The molecule has 5 fully saturated rings. The van der Waals surface area contributed by atoms with Gasteiger partial charge in [0.25, 0.3) is 0 Å². The Morgan fingerprint density at radius 1 is 0.913 bits per heavy atom. The van der Waals surface area contributed by atoms with Gasteiger partial charge in [-0.1, -0.05) is 66.7 Å². The van der Waals surface area contributed by atoms with E-state index in [0.29, 0.717) is 72.1 Å². The second-order valence-electron chi connectivity index (χ2n) is 20.3. The van der Waals surface area contributed by atoms with Gasteiger partial charge in [0.1, 0.15) is 23.3 Å². The number of nitrogens with zero attached hydrogens (tertiary/aromatic N) is 4. The first-order valence-corrected chi connectivity index (χ1v) is 25.3. The van der Waals surface area contributed by atoms with Gasteiger partial charge in [0.15, 0.2) is 0 Å². The molecule has 3 saturated heterocycles. The maximum absolute atomic E-state index is 16.4. The van der Waals surface area contributed by atoms with E-state index < -0.39 is 52.7 Å². The number of nitrogens with one attached hydrogen (secondary N) is 4. The molecule has 366 valence electrons. The van der Waals surface area contributed by atoms with Crippen molar-refractivity contribution in [2.24, 2.45) is 13.0 Å². The summed E-state index contributed by atoms with van der Waals surface area (Å²) in [6.45, 7) is 3.13. The Morgan fingerprint density at radius 3 is 2.45 bits per heavy atom. The van der Waals surface area contributed by atoms with Gasteiger partial charge in [0, 0.05) is 67.9 Å². The number of carbonyl (C=O) groups excluding carboxylic acids is 4. The summed E-state index contributed by atoms with van der Waals surface area (Å²) in [5.74, 6) is -3.42. The predicted molar refractivity (Wildman–Crippen MR) is 259 cm³/mol. The molecule has 4 amide bonds. The smallest absolute Gasteiger partial charge is 0.329 e. The lowest BCUT2D eigenvalue weighted by Gasteiger charge is -2.47. The Bertz CT molecular complexity index is 2780. The van der Waals surface area contributed by atoms with Crippen LogP contribution in [0.15, 0.2) is 59.4 Å². The largest absolute Gasteiger partial charge is 0.480 e. The lowest BCUT2D eigenvalue weighted by molar-refractivity contribution is -0.146. The number of fused-ring (bicyclic) bond motifs is 4. The molecule has 6 aliphatic rings. The van der Waals surface area contributed by atoms with Crippen LogP contribution in [-0.4, -0.2) is 110 Å². The topological polar surface area (TPSA) is 187 Å². The molecule has 15 nitrogen and oxygen atoms in total. The summed E-state index contributed by atoms with van der Waals surface area (Å²) in [5, 5.41) is 23.3. The van der Waals surface area contributed by atoms with Gasteiger partial charge in [-0.3, -0.25) is 53.5 Å². The SMILES string of the molecule is Cn1c(=O)n(C2CCC(=O)NC2=O)c2ccc(CCCN3CCN(CC4CCC(NC(=O)[C@@H]5NC6(CCCCC6)[C@@]6(C(=O)Nc7cc(Cl)ccc76)[C@H]5c5cccc(Cl)c5F)CC4)C[C@@H]3C(=O)O)cc21. The zero-order valence-corrected chi connectivity index (χ0v) is 40.2. The highest BCUT2D eigenvalue weighted by Crippen LogP contribution is 2.63. The number of piperazine rings is 1. The van der Waals surface area contributed by atoms with Crippen molar-refractivity contribution in [1.29, 1.82) is 0 Å². The molecule has 1 aromatic heterocycles. The molecule has 69 heavy (non-hydrogen) atoms. The zero-order valence-electron chi connectivity index (χ0n) is 38.7. The molecular formula is C51H59Cl2FN8O7. The van der Waals surface area contributed by atoms with Crippen LogP contribution in [0.2, 0.25) is 10.0 Å². The van der Waals surface area contributed by atoms with Crippen molar-refractivity contribution < 1.29 is 33.5 Å². The number of anilines is 1. The van der Waals surface area contributed by atoms with Gasteiger partial charge in [-0.2, -0.15) is 0 Å². The maximum atomic E-state index is 16.4. The van der Waals surface area contributed by atoms with Crippen molar-refractivity contribution in [3.63, 3.8) is 0 Å². The monoisotopic (exact) mass is 984 g/mol. The minimum Gasteiger partial charge on any atom is -0.480 e. The van der Waals surface area contributed by atoms with Gasteiger partial charge in [-0.25, -0.2) is 9.18 Å². The number of benzene rings is 3. The second-order valence-corrected chi connectivity index (χ2v) is 21.2. The number of carboxylic acid groups (broad SMARTS) is 1. The fourth-order valence-corrected chi connectivity index (χ4v) is 13.5. The molecule has 5 N–H and O–H groups in total. The number of aryl methyl sites for hydroxylation is 2. The van der Waals surface area contributed by atoms with E-state index in [2.05, 4.69) is 26.2 Å². The fourth-order valence-electron chi connectivity index (χ4n) is 13.2. The van der Waals surface area contributed by atoms with Gasteiger partial charge in [0.05, 0.1) is 22.1 Å². The number of hydrogen-bond donors (Lipinski definition) is 5. The average molecular weight is 986 g/mol. The number of rotatable bonds is 11. The van der Waals surface area contributed by atoms with Crippen molar-refractivity contribution in [2.45, 2.75) is 125 Å². The molecule has 0 bridgehead atoms. The Balaban J connectivity index is 0.765. The summed E-state index contributed by atoms with van der Waals surface area (Å²) < 4.78 is 19.4. The third kappa shape index (κ3) is 8.37. The van der Waals surface area contributed by atoms with E-state index in [1.807, 2.05) is 29.2 Å². The van der Waals surface area contributed by atoms with Crippen LogP contribution in [0.25, 0.3) is 11.0 Å². The summed E-state index contributed by atoms with van der Waals surface area (Å²) in [6.07, 6.45) is 8.99. The molecule has 5 heterocycles. The Morgan fingerprint density at radius 2 is 1.70 bits per heavy atom. The Hall–Kier alpha value is -5.13. The number of carbonyl (C=O) groups is 5. The number of halogens is 3. The van der Waals surface area contributed by atoms with Crippen LogP contribution in [0, 0.1) is 11.7 Å². The van der Waals surface area contributed by atoms with E-state index in [1.54, 1.807) is 31.3 Å². The summed E-state index contributed by atoms with van der Waals surface area (Å²) in [6, 6.07) is 13.4. The average Bonchev–Trinajstić information content (AvgIpc) is 3.88. The van der Waals surface area contributed by atoms with E-state index in [0.717, 1.165) is 70.0 Å². The van der Waals surface area contributed by atoms with Gasteiger partial charge in [0.2, 0.25) is 23.6 Å². The summed E-state index contributed by atoms with van der Waals surface area (Å²) in [4.78, 5) is 84.1. The van der Waals surface area contributed by atoms with Crippen LogP contribution in [0.3, 0.4) is 0 Å². The first kappa shape index (κ1) is 47.5. The van der Waals surface area contributed by atoms with Crippen molar-refractivity contribution >= 4 is 69.5 Å². The highest BCUT2D eigenvalue weighted by atomic mass is 35.5. The normalized spacial score (nSPS) is 28.3. The summed E-state index contributed by atoms with van der Waals surface area (Å²) >= 11 is 12.9. The minimum atomic E-state index is -1.30. The molecule has 0 radical (unpaired) electrons. The molecule has 3 aromatic carbocycles. The van der Waals surface area contributed by atoms with Crippen LogP contribution < -0.4 is 27.0 Å². The molecule has 2 saturated carbocycles. The van der Waals surface area contributed by atoms with Crippen LogP contribution in [-0.2, 0) is 42.9 Å². The third-order valence-electron chi connectivity index (χ3n) is 16.5. The maximum Gasteiger partial charge on any atom is 0.329 e. The van der Waals surface area contributed by atoms with E-state index in [4.69, 9.17) is 23.2 Å². The van der Waals surface area contributed by atoms with Gasteiger partial charge in [-0.15, -0.1) is 0 Å². The lowest BCUT2D eigenvalue weighted by Crippen LogP contribution is -2.60. The first-order chi connectivity index (χ1) is 33.2. The Labute approximate surface area is 409 Å². The molecule has 2 aliphatic carbocycles. The van der Waals surface area contributed by atoms with Gasteiger partial charge >= 0.3 is 11.7 Å². The quantitative estimate of drug-likeness (QED) is 0.115. The predicted octanol–water partition coefficient (Wildman–Crippen LogP) is 5.79. The zero-order chi connectivity index (χ0) is 48.4. The highest BCUT2D eigenvalue weighted by Gasteiger charge is 2.72. The van der Waals surface area contributed by atoms with Crippen molar-refractivity contribution in [1.82, 2.24) is 34.9 Å². The summed E-state index contributed by atoms with van der Waals surface area (Å²) in [7, 11) is 1.67. The van der Waals surface area contributed by atoms with E-state index in [1.165, 1.54) is 15.2 Å². The lowest BCUT2D eigenvalue weighted by atomic mass is 9.55. The number of amides is 4. The van der Waals surface area contributed by atoms with E-state index in [9.17, 15) is 33.9 Å². The number of aromatic nitrogens is 2. The number of imidazole rings is 1.